The maximum Gasteiger partial charge on any atom is 0.232 e. The summed E-state index contributed by atoms with van der Waals surface area (Å²) in [7, 11) is -1.87. The standard InChI is InChI=1S/C14H20N2O4S/c1-20-10-9-16(21(2,18)19)13-6-3-5-12(11-13)15-8-4-7-14(15)17/h3,5-6,11H,4,7-10H2,1-2H3. The number of amides is 1. The van der Waals surface area contributed by atoms with Crippen molar-refractivity contribution < 1.29 is 17.9 Å². The number of anilines is 2. The lowest BCUT2D eigenvalue weighted by molar-refractivity contribution is -0.117. The number of nitrogens with zero attached hydrogens (tertiary/aromatic N) is 2. The van der Waals surface area contributed by atoms with Gasteiger partial charge in [-0.3, -0.25) is 9.10 Å². The molecule has 0 bridgehead atoms. The van der Waals surface area contributed by atoms with Gasteiger partial charge in [0.15, 0.2) is 0 Å². The lowest BCUT2D eigenvalue weighted by atomic mass is 10.2. The van der Waals surface area contributed by atoms with E-state index in [1.54, 1.807) is 23.1 Å². The number of methoxy groups -OCH3 is 1. The average molecular weight is 312 g/mol. The molecule has 1 aliphatic rings. The van der Waals surface area contributed by atoms with Gasteiger partial charge in [0.1, 0.15) is 0 Å². The second-order valence-electron chi connectivity index (χ2n) is 5.00. The van der Waals surface area contributed by atoms with Gasteiger partial charge in [-0.1, -0.05) is 6.07 Å². The second-order valence-corrected chi connectivity index (χ2v) is 6.90. The van der Waals surface area contributed by atoms with Crippen molar-refractivity contribution in [3.63, 3.8) is 0 Å². The third-order valence-corrected chi connectivity index (χ3v) is 4.60. The third kappa shape index (κ3) is 3.74. The Bertz CT molecular complexity index is 615. The van der Waals surface area contributed by atoms with E-state index in [1.165, 1.54) is 11.4 Å². The lowest BCUT2D eigenvalue weighted by Crippen LogP contribution is -2.33. The number of hydrogen-bond acceptors (Lipinski definition) is 4. The van der Waals surface area contributed by atoms with Gasteiger partial charge in [0.05, 0.1) is 25.1 Å². The van der Waals surface area contributed by atoms with E-state index in [0.29, 0.717) is 25.3 Å². The largest absolute Gasteiger partial charge is 0.383 e. The predicted octanol–water partition coefficient (Wildman–Crippen LogP) is 1.23. The summed E-state index contributed by atoms with van der Waals surface area (Å²) in [4.78, 5) is 13.5. The smallest absolute Gasteiger partial charge is 0.232 e. The van der Waals surface area contributed by atoms with Crippen LogP contribution in [0.15, 0.2) is 24.3 Å². The van der Waals surface area contributed by atoms with E-state index < -0.39 is 10.0 Å². The van der Waals surface area contributed by atoms with Gasteiger partial charge in [-0.25, -0.2) is 8.42 Å². The van der Waals surface area contributed by atoms with Crippen LogP contribution in [0.3, 0.4) is 0 Å². The Kier molecular flexibility index (Phi) is 4.84. The Hall–Kier alpha value is -1.60. The zero-order valence-electron chi connectivity index (χ0n) is 12.3. The first-order valence-electron chi connectivity index (χ1n) is 6.80. The molecule has 7 heteroatoms. The molecule has 1 heterocycles. The Morgan fingerprint density at radius 3 is 2.71 bits per heavy atom. The van der Waals surface area contributed by atoms with Crippen LogP contribution >= 0.6 is 0 Å². The second kappa shape index (κ2) is 6.44. The molecule has 0 saturated carbocycles. The average Bonchev–Trinajstić information content (AvgIpc) is 2.84. The highest BCUT2D eigenvalue weighted by Gasteiger charge is 2.23. The van der Waals surface area contributed by atoms with Crippen LogP contribution in [0.2, 0.25) is 0 Å². The quantitative estimate of drug-likeness (QED) is 0.792. The molecular formula is C14H20N2O4S. The highest BCUT2D eigenvalue weighted by molar-refractivity contribution is 7.92. The monoisotopic (exact) mass is 312 g/mol. The summed E-state index contributed by atoms with van der Waals surface area (Å²) >= 11 is 0. The first-order chi connectivity index (χ1) is 9.93. The van der Waals surface area contributed by atoms with Crippen LogP contribution in [0, 0.1) is 0 Å². The molecule has 0 atom stereocenters. The number of ether oxygens (including phenoxy) is 1. The number of benzene rings is 1. The summed E-state index contributed by atoms with van der Waals surface area (Å²) in [5.41, 5.74) is 1.29. The van der Waals surface area contributed by atoms with Crippen LogP contribution in [0.1, 0.15) is 12.8 Å². The Morgan fingerprint density at radius 2 is 2.14 bits per heavy atom. The molecule has 1 aliphatic heterocycles. The maximum atomic E-state index is 11.9. The predicted molar refractivity (Wildman–Crippen MR) is 82.1 cm³/mol. The Morgan fingerprint density at radius 1 is 1.38 bits per heavy atom. The molecule has 2 rings (SSSR count). The molecule has 1 aromatic rings. The third-order valence-electron chi connectivity index (χ3n) is 3.40. The van der Waals surface area contributed by atoms with Crippen molar-refractivity contribution in [2.45, 2.75) is 12.8 Å². The van der Waals surface area contributed by atoms with Crippen molar-refractivity contribution in [1.82, 2.24) is 0 Å². The first-order valence-corrected chi connectivity index (χ1v) is 8.65. The van der Waals surface area contributed by atoms with Crippen LogP contribution in [0.5, 0.6) is 0 Å². The lowest BCUT2D eigenvalue weighted by Gasteiger charge is -2.24. The highest BCUT2D eigenvalue weighted by Crippen LogP contribution is 2.27. The van der Waals surface area contributed by atoms with Crippen molar-refractivity contribution in [3.8, 4) is 0 Å². The minimum atomic E-state index is -3.39. The summed E-state index contributed by atoms with van der Waals surface area (Å²) in [6.07, 6.45) is 2.54. The Balaban J connectivity index is 2.31. The van der Waals surface area contributed by atoms with Crippen LogP contribution in [0.4, 0.5) is 11.4 Å². The zero-order chi connectivity index (χ0) is 15.5. The van der Waals surface area contributed by atoms with Gasteiger partial charge in [-0.05, 0) is 24.6 Å². The zero-order valence-corrected chi connectivity index (χ0v) is 13.1. The topological polar surface area (TPSA) is 66.9 Å². The highest BCUT2D eigenvalue weighted by atomic mass is 32.2. The van der Waals surface area contributed by atoms with Crippen molar-refractivity contribution in [3.05, 3.63) is 24.3 Å². The van der Waals surface area contributed by atoms with Gasteiger partial charge in [0, 0.05) is 25.8 Å². The van der Waals surface area contributed by atoms with Crippen molar-refractivity contribution in [2.24, 2.45) is 0 Å². The van der Waals surface area contributed by atoms with Gasteiger partial charge in [0.2, 0.25) is 15.9 Å². The van der Waals surface area contributed by atoms with E-state index >= 15 is 0 Å². The molecule has 0 N–H and O–H groups in total. The SMILES string of the molecule is COCCN(c1cccc(N2CCCC2=O)c1)S(C)(=O)=O. The number of rotatable bonds is 6. The number of hydrogen-bond donors (Lipinski definition) is 0. The molecule has 1 fully saturated rings. The van der Waals surface area contributed by atoms with Crippen LogP contribution in [-0.4, -0.2) is 47.4 Å². The van der Waals surface area contributed by atoms with Crippen LogP contribution in [-0.2, 0) is 19.6 Å². The van der Waals surface area contributed by atoms with E-state index in [1.807, 2.05) is 6.07 Å². The van der Waals surface area contributed by atoms with Crippen LogP contribution < -0.4 is 9.21 Å². The van der Waals surface area contributed by atoms with E-state index in [4.69, 9.17) is 4.74 Å². The fourth-order valence-corrected chi connectivity index (χ4v) is 3.30. The van der Waals surface area contributed by atoms with Crippen molar-refractivity contribution in [2.75, 3.05) is 42.3 Å². The molecule has 0 spiro atoms. The fraction of sp³-hybridized carbons (Fsp3) is 0.500. The molecule has 6 nitrogen and oxygen atoms in total. The van der Waals surface area contributed by atoms with E-state index in [9.17, 15) is 13.2 Å². The fourth-order valence-electron chi connectivity index (χ4n) is 2.40. The van der Waals surface area contributed by atoms with Gasteiger partial charge < -0.3 is 9.64 Å². The molecule has 0 radical (unpaired) electrons. The molecule has 1 aromatic carbocycles. The van der Waals surface area contributed by atoms with E-state index in [-0.39, 0.29) is 12.5 Å². The minimum absolute atomic E-state index is 0.0787. The van der Waals surface area contributed by atoms with Gasteiger partial charge in [-0.2, -0.15) is 0 Å². The van der Waals surface area contributed by atoms with Gasteiger partial charge in [0.25, 0.3) is 0 Å². The first kappa shape index (κ1) is 15.8. The van der Waals surface area contributed by atoms with Crippen molar-refractivity contribution in [1.29, 1.82) is 0 Å². The Labute approximate surface area is 125 Å². The van der Waals surface area contributed by atoms with Crippen LogP contribution in [0.25, 0.3) is 0 Å². The molecule has 1 saturated heterocycles. The summed E-state index contributed by atoms with van der Waals surface area (Å²) in [6, 6.07) is 7.05. The summed E-state index contributed by atoms with van der Waals surface area (Å²) in [5.74, 6) is 0.0787. The molecule has 0 aromatic heterocycles. The maximum absolute atomic E-state index is 11.9. The van der Waals surface area contributed by atoms with Gasteiger partial charge in [-0.15, -0.1) is 0 Å². The molecule has 21 heavy (non-hydrogen) atoms. The number of carbonyl (C=O) groups is 1. The molecule has 0 unspecified atom stereocenters. The normalized spacial score (nSPS) is 15.5. The summed E-state index contributed by atoms with van der Waals surface area (Å²) in [5, 5.41) is 0. The summed E-state index contributed by atoms with van der Waals surface area (Å²) < 4.78 is 30.1. The van der Waals surface area contributed by atoms with Crippen molar-refractivity contribution >= 4 is 27.3 Å². The minimum Gasteiger partial charge on any atom is -0.383 e. The number of carbonyl (C=O) groups excluding carboxylic acids is 1. The molecule has 0 aliphatic carbocycles. The van der Waals surface area contributed by atoms with Gasteiger partial charge >= 0.3 is 0 Å². The number of sulfonamides is 1. The van der Waals surface area contributed by atoms with E-state index in [2.05, 4.69) is 0 Å². The molecule has 116 valence electrons. The van der Waals surface area contributed by atoms with E-state index in [0.717, 1.165) is 18.4 Å². The summed E-state index contributed by atoms with van der Waals surface area (Å²) in [6.45, 7) is 1.23. The molecule has 1 amide bonds. The molecular weight excluding hydrogens is 292 g/mol.